The van der Waals surface area contributed by atoms with Gasteiger partial charge >= 0.3 is 6.03 Å². The molecule has 166 valence electrons. The highest BCUT2D eigenvalue weighted by Gasteiger charge is 2.21. The number of rotatable bonds is 5. The first kappa shape index (κ1) is 24.0. The van der Waals surface area contributed by atoms with Gasteiger partial charge < -0.3 is 25.8 Å². The van der Waals surface area contributed by atoms with Crippen molar-refractivity contribution in [2.75, 3.05) is 20.2 Å². The zero-order chi connectivity index (χ0) is 21.7. The van der Waals surface area contributed by atoms with Crippen molar-refractivity contribution < 1.29 is 24.2 Å². The summed E-state index contributed by atoms with van der Waals surface area (Å²) in [7, 11) is 1.48. The van der Waals surface area contributed by atoms with Crippen LogP contribution in [0.25, 0.3) is 0 Å². The van der Waals surface area contributed by atoms with Crippen LogP contribution in [0, 0.1) is 0 Å². The van der Waals surface area contributed by atoms with Gasteiger partial charge in [-0.3, -0.25) is 9.59 Å². The van der Waals surface area contributed by atoms with Gasteiger partial charge in [0, 0.05) is 30.3 Å². The van der Waals surface area contributed by atoms with Gasteiger partial charge in [0.25, 0.3) is 5.91 Å². The number of likely N-dealkylation sites (tertiary alicyclic amines) is 1. The normalized spacial score (nSPS) is 15.9. The van der Waals surface area contributed by atoms with Crippen molar-refractivity contribution in [3.05, 3.63) is 59.2 Å². The predicted octanol–water partition coefficient (Wildman–Crippen LogP) is 2.72. The minimum atomic E-state index is -0.440. The van der Waals surface area contributed by atoms with Crippen LogP contribution in [0.4, 0.5) is 4.79 Å². The number of halogens is 1. The zero-order valence-corrected chi connectivity index (χ0v) is 18.0. The maximum atomic E-state index is 12.7. The highest BCUT2D eigenvalue weighted by Crippen LogP contribution is 2.25. The van der Waals surface area contributed by atoms with Gasteiger partial charge in [0.15, 0.2) is 5.78 Å². The quantitative estimate of drug-likeness (QED) is 0.608. The van der Waals surface area contributed by atoms with E-state index in [2.05, 4.69) is 5.32 Å². The largest absolute Gasteiger partial charge is 0.507 e. The van der Waals surface area contributed by atoms with Crippen LogP contribution in [0.1, 0.15) is 45.5 Å². The maximum Gasteiger partial charge on any atom is 0.314 e. The number of phenolic OH excluding ortho intramolecular Hbond substituents is 1. The molecular formula is C22H26ClN3O5. The number of hydrogen-bond acceptors (Lipinski definition) is 5. The van der Waals surface area contributed by atoms with Crippen molar-refractivity contribution >= 4 is 30.1 Å². The number of nitrogens with one attached hydrogen (secondary N) is 1. The number of amides is 3. The molecule has 0 radical (unpaired) electrons. The van der Waals surface area contributed by atoms with Crippen LogP contribution in [-0.4, -0.2) is 54.0 Å². The minimum Gasteiger partial charge on any atom is -0.507 e. The second-order valence-electron chi connectivity index (χ2n) is 7.22. The average molecular weight is 448 g/mol. The van der Waals surface area contributed by atoms with Gasteiger partial charge in [-0.2, -0.15) is 0 Å². The molecule has 31 heavy (non-hydrogen) atoms. The zero-order valence-electron chi connectivity index (χ0n) is 17.2. The summed E-state index contributed by atoms with van der Waals surface area (Å²) in [6, 6.07) is 10.2. The monoisotopic (exact) mass is 447 g/mol. The Morgan fingerprint density at radius 1 is 1.06 bits per heavy atom. The van der Waals surface area contributed by atoms with E-state index in [1.807, 2.05) is 0 Å². The summed E-state index contributed by atoms with van der Waals surface area (Å²) in [6.07, 6.45) is 2.17. The predicted molar refractivity (Wildman–Crippen MR) is 118 cm³/mol. The van der Waals surface area contributed by atoms with Crippen molar-refractivity contribution in [3.63, 3.8) is 0 Å². The van der Waals surface area contributed by atoms with E-state index in [0.717, 1.165) is 12.8 Å². The lowest BCUT2D eigenvalue weighted by Crippen LogP contribution is -2.38. The van der Waals surface area contributed by atoms with Gasteiger partial charge in [-0.25, -0.2) is 4.79 Å². The van der Waals surface area contributed by atoms with Crippen LogP contribution >= 0.6 is 12.4 Å². The van der Waals surface area contributed by atoms with Gasteiger partial charge in [-0.15, -0.1) is 12.4 Å². The van der Waals surface area contributed by atoms with E-state index >= 15 is 0 Å². The molecule has 1 fully saturated rings. The van der Waals surface area contributed by atoms with Crippen molar-refractivity contribution in [3.8, 4) is 11.5 Å². The number of nitrogens with two attached hydrogens (primary N) is 1. The van der Waals surface area contributed by atoms with Crippen LogP contribution in [0.3, 0.4) is 0 Å². The van der Waals surface area contributed by atoms with Crippen LogP contribution in [0.15, 0.2) is 42.5 Å². The second-order valence-corrected chi connectivity index (χ2v) is 7.22. The molecule has 4 N–H and O–H groups in total. The number of methoxy groups -OCH3 is 1. The molecule has 3 amide bonds. The molecule has 9 heteroatoms. The number of primary amides is 1. The molecule has 2 aromatic carbocycles. The number of nitrogens with zero attached hydrogens (tertiary/aromatic N) is 1. The third-order valence-electron chi connectivity index (χ3n) is 5.23. The average Bonchev–Trinajstić information content (AvgIpc) is 2.99. The molecule has 1 atom stereocenters. The summed E-state index contributed by atoms with van der Waals surface area (Å²) >= 11 is 0. The van der Waals surface area contributed by atoms with Gasteiger partial charge in [-0.1, -0.05) is 12.1 Å². The minimum absolute atomic E-state index is 0. The van der Waals surface area contributed by atoms with Crippen LogP contribution in [0.2, 0.25) is 0 Å². The Hall–Kier alpha value is -3.26. The van der Waals surface area contributed by atoms with Crippen molar-refractivity contribution in [2.24, 2.45) is 5.73 Å². The lowest BCUT2D eigenvalue weighted by Gasteiger charge is -2.18. The van der Waals surface area contributed by atoms with E-state index in [-0.39, 0.29) is 41.5 Å². The molecule has 0 saturated carbocycles. The van der Waals surface area contributed by atoms with E-state index in [9.17, 15) is 19.5 Å². The number of hydrogen-bond donors (Lipinski definition) is 3. The lowest BCUT2D eigenvalue weighted by atomic mass is 10.0. The van der Waals surface area contributed by atoms with E-state index in [4.69, 9.17) is 10.5 Å². The number of urea groups is 1. The topological polar surface area (TPSA) is 122 Å². The van der Waals surface area contributed by atoms with E-state index in [1.165, 1.54) is 19.2 Å². The first-order valence-corrected chi connectivity index (χ1v) is 9.76. The van der Waals surface area contributed by atoms with Crippen molar-refractivity contribution in [2.45, 2.75) is 25.3 Å². The fourth-order valence-corrected chi connectivity index (χ4v) is 3.48. The van der Waals surface area contributed by atoms with Crippen LogP contribution in [0.5, 0.6) is 11.5 Å². The Labute approximate surface area is 186 Å². The molecule has 3 rings (SSSR count). The fourth-order valence-electron chi connectivity index (χ4n) is 3.48. The molecule has 1 aliphatic heterocycles. The Morgan fingerprint density at radius 2 is 1.74 bits per heavy atom. The molecule has 1 saturated heterocycles. The van der Waals surface area contributed by atoms with E-state index < -0.39 is 6.03 Å². The molecular weight excluding hydrogens is 422 g/mol. The summed E-state index contributed by atoms with van der Waals surface area (Å²) in [5.74, 6) is -0.282. The number of benzene rings is 2. The van der Waals surface area contributed by atoms with Crippen LogP contribution < -0.4 is 15.8 Å². The molecule has 0 aliphatic carbocycles. The summed E-state index contributed by atoms with van der Waals surface area (Å²) < 4.78 is 5.10. The first-order chi connectivity index (χ1) is 14.4. The highest BCUT2D eigenvalue weighted by atomic mass is 35.5. The molecule has 1 heterocycles. The molecule has 2 aromatic rings. The first-order valence-electron chi connectivity index (χ1n) is 9.76. The maximum absolute atomic E-state index is 12.7. The number of carbonyl (C=O) groups is 3. The molecule has 0 spiro atoms. The molecule has 0 unspecified atom stereocenters. The summed E-state index contributed by atoms with van der Waals surface area (Å²) in [5.41, 5.74) is 6.24. The number of aromatic hydroxyl groups is 1. The number of phenols is 1. The van der Waals surface area contributed by atoms with Gasteiger partial charge in [0.05, 0.1) is 12.7 Å². The standard InChI is InChI=1S/C22H25N3O5.ClH/c1-30-17-8-9-19(26)18(13-17)20(27)14-4-6-15(7-5-14)21(28)24-16-3-2-11-25(12-10-16)22(23)29;/h4-9,13,16,26H,2-3,10-12H2,1H3,(H2,23,29)(H,24,28);1H/t16-;/m0./s1. The van der Waals surface area contributed by atoms with Crippen molar-refractivity contribution in [1.29, 1.82) is 0 Å². The van der Waals surface area contributed by atoms with Gasteiger partial charge in [-0.05, 0) is 49.6 Å². The summed E-state index contributed by atoms with van der Waals surface area (Å²) in [4.78, 5) is 38.2. The Bertz CT molecular complexity index is 949. The fraction of sp³-hybridized carbons (Fsp3) is 0.318. The molecule has 8 nitrogen and oxygen atoms in total. The van der Waals surface area contributed by atoms with Gasteiger partial charge in [0.1, 0.15) is 11.5 Å². The molecule has 0 bridgehead atoms. The number of ether oxygens (including phenoxy) is 1. The van der Waals surface area contributed by atoms with E-state index in [0.29, 0.717) is 36.4 Å². The Balaban J connectivity index is 0.00000341. The third kappa shape index (κ3) is 5.88. The Kier molecular flexibility index (Phi) is 8.27. The SMILES string of the molecule is COc1ccc(O)c(C(=O)c2ccc(C(=O)N[C@H]3CCCN(C(N)=O)CC3)cc2)c1.Cl. The van der Waals surface area contributed by atoms with Crippen LogP contribution in [-0.2, 0) is 0 Å². The Morgan fingerprint density at radius 3 is 2.39 bits per heavy atom. The summed E-state index contributed by atoms with van der Waals surface area (Å²) in [6.45, 7) is 1.10. The second kappa shape index (κ2) is 10.7. The number of carbonyl (C=O) groups excluding carboxylic acids is 3. The van der Waals surface area contributed by atoms with Crippen molar-refractivity contribution in [1.82, 2.24) is 10.2 Å². The third-order valence-corrected chi connectivity index (χ3v) is 5.23. The smallest absolute Gasteiger partial charge is 0.314 e. The molecule has 0 aromatic heterocycles. The van der Waals surface area contributed by atoms with Gasteiger partial charge in [0.2, 0.25) is 0 Å². The highest BCUT2D eigenvalue weighted by molar-refractivity contribution is 6.11. The lowest BCUT2D eigenvalue weighted by molar-refractivity contribution is 0.0932. The molecule has 1 aliphatic rings. The number of ketones is 1. The summed E-state index contributed by atoms with van der Waals surface area (Å²) in [5, 5.41) is 13.0. The van der Waals surface area contributed by atoms with E-state index in [1.54, 1.807) is 35.2 Å².